The highest BCUT2D eigenvalue weighted by Crippen LogP contribution is 2.30. The molecular weight excluding hydrogens is 273 g/mol. The minimum absolute atomic E-state index is 0.233. The van der Waals surface area contributed by atoms with Crippen molar-refractivity contribution in [1.82, 2.24) is 10.1 Å². The van der Waals surface area contributed by atoms with E-state index in [0.29, 0.717) is 27.3 Å². The van der Waals surface area contributed by atoms with E-state index in [2.05, 4.69) is 10.1 Å². The third kappa shape index (κ3) is 2.66. The average Bonchev–Trinajstić information content (AvgIpc) is 2.77. The Labute approximate surface area is 115 Å². The van der Waals surface area contributed by atoms with Gasteiger partial charge in [0, 0.05) is 5.02 Å². The zero-order valence-corrected chi connectivity index (χ0v) is 11.5. The molecular formula is C12H13Cl2N3O. The Morgan fingerprint density at radius 2 is 2.00 bits per heavy atom. The van der Waals surface area contributed by atoms with Crippen LogP contribution >= 0.6 is 23.2 Å². The third-order valence-electron chi connectivity index (χ3n) is 2.62. The van der Waals surface area contributed by atoms with E-state index in [9.17, 15) is 0 Å². The van der Waals surface area contributed by atoms with Gasteiger partial charge in [-0.05, 0) is 24.1 Å². The van der Waals surface area contributed by atoms with Crippen molar-refractivity contribution in [1.29, 1.82) is 0 Å². The zero-order valence-electron chi connectivity index (χ0n) is 10.0. The first-order valence-corrected chi connectivity index (χ1v) is 6.29. The monoisotopic (exact) mass is 285 g/mol. The van der Waals surface area contributed by atoms with Gasteiger partial charge in [-0.3, -0.25) is 0 Å². The van der Waals surface area contributed by atoms with E-state index in [1.807, 2.05) is 13.8 Å². The number of rotatable bonds is 3. The van der Waals surface area contributed by atoms with Gasteiger partial charge in [-0.15, -0.1) is 0 Å². The summed E-state index contributed by atoms with van der Waals surface area (Å²) in [5.41, 5.74) is 6.60. The molecule has 1 unspecified atom stereocenters. The molecule has 0 aliphatic heterocycles. The van der Waals surface area contributed by atoms with Gasteiger partial charge in [-0.25, -0.2) is 0 Å². The second-order valence-corrected chi connectivity index (χ2v) is 5.20. The second kappa shape index (κ2) is 5.26. The number of hydrogen-bond acceptors (Lipinski definition) is 4. The summed E-state index contributed by atoms with van der Waals surface area (Å²) < 4.78 is 5.17. The van der Waals surface area contributed by atoms with Gasteiger partial charge in [0.25, 0.3) is 5.89 Å². The highest BCUT2D eigenvalue weighted by molar-refractivity contribution is 6.36. The standard InChI is InChI=1S/C12H13Cl2N3O/c1-6(2)10(15)11-16-12(18-17-11)8-4-3-7(13)5-9(8)14/h3-6,10H,15H2,1-2H3. The Balaban J connectivity index is 2.35. The normalized spacial score (nSPS) is 13.0. The summed E-state index contributed by atoms with van der Waals surface area (Å²) in [6, 6.07) is 4.83. The number of hydrogen-bond donors (Lipinski definition) is 1. The van der Waals surface area contributed by atoms with E-state index in [0.717, 1.165) is 0 Å². The fraction of sp³-hybridized carbons (Fsp3) is 0.333. The molecule has 6 heteroatoms. The Kier molecular flexibility index (Phi) is 3.90. The van der Waals surface area contributed by atoms with Gasteiger partial charge in [0.05, 0.1) is 16.6 Å². The maximum Gasteiger partial charge on any atom is 0.259 e. The van der Waals surface area contributed by atoms with Gasteiger partial charge in [0.2, 0.25) is 0 Å². The van der Waals surface area contributed by atoms with Crippen molar-refractivity contribution in [2.75, 3.05) is 0 Å². The van der Waals surface area contributed by atoms with Crippen LogP contribution in [-0.4, -0.2) is 10.1 Å². The van der Waals surface area contributed by atoms with Gasteiger partial charge >= 0.3 is 0 Å². The van der Waals surface area contributed by atoms with Crippen molar-refractivity contribution < 1.29 is 4.52 Å². The van der Waals surface area contributed by atoms with E-state index in [-0.39, 0.29) is 12.0 Å². The molecule has 0 aliphatic carbocycles. The lowest BCUT2D eigenvalue weighted by atomic mass is 10.1. The predicted octanol–water partition coefficient (Wildman–Crippen LogP) is 3.70. The highest BCUT2D eigenvalue weighted by atomic mass is 35.5. The maximum absolute atomic E-state index is 6.07. The van der Waals surface area contributed by atoms with Crippen molar-refractivity contribution in [2.45, 2.75) is 19.9 Å². The lowest BCUT2D eigenvalue weighted by Crippen LogP contribution is -2.18. The molecule has 96 valence electrons. The predicted molar refractivity (Wildman–Crippen MR) is 71.5 cm³/mol. The molecule has 4 nitrogen and oxygen atoms in total. The number of aromatic nitrogens is 2. The van der Waals surface area contributed by atoms with Gasteiger partial charge in [-0.1, -0.05) is 42.2 Å². The molecule has 1 aromatic carbocycles. The summed E-state index contributed by atoms with van der Waals surface area (Å²) in [4.78, 5) is 4.26. The first-order valence-electron chi connectivity index (χ1n) is 5.53. The van der Waals surface area contributed by atoms with Gasteiger partial charge < -0.3 is 10.3 Å². The molecule has 1 atom stereocenters. The SMILES string of the molecule is CC(C)C(N)c1noc(-c2ccc(Cl)cc2Cl)n1. The zero-order chi connectivity index (χ0) is 13.3. The summed E-state index contributed by atoms with van der Waals surface area (Å²) in [7, 11) is 0. The Morgan fingerprint density at radius 1 is 1.28 bits per heavy atom. The molecule has 2 rings (SSSR count). The highest BCUT2D eigenvalue weighted by Gasteiger charge is 2.19. The smallest absolute Gasteiger partial charge is 0.259 e. The van der Waals surface area contributed by atoms with Crippen molar-refractivity contribution in [3.63, 3.8) is 0 Å². The molecule has 0 bridgehead atoms. The fourth-order valence-corrected chi connectivity index (χ4v) is 1.93. The molecule has 0 aliphatic rings. The van der Waals surface area contributed by atoms with Crippen LogP contribution in [0.1, 0.15) is 25.7 Å². The van der Waals surface area contributed by atoms with Crippen molar-refractivity contribution >= 4 is 23.2 Å². The molecule has 1 heterocycles. The van der Waals surface area contributed by atoms with E-state index in [1.165, 1.54) is 0 Å². The van der Waals surface area contributed by atoms with Crippen LogP contribution < -0.4 is 5.73 Å². The van der Waals surface area contributed by atoms with Crippen LogP contribution in [0.25, 0.3) is 11.5 Å². The van der Waals surface area contributed by atoms with Crippen molar-refractivity contribution in [2.24, 2.45) is 11.7 Å². The minimum Gasteiger partial charge on any atom is -0.334 e. The van der Waals surface area contributed by atoms with E-state index >= 15 is 0 Å². The molecule has 2 aromatic rings. The van der Waals surface area contributed by atoms with Crippen LogP contribution in [0, 0.1) is 5.92 Å². The van der Waals surface area contributed by atoms with Gasteiger partial charge in [0.1, 0.15) is 0 Å². The Bertz CT molecular complexity index is 554. The quantitative estimate of drug-likeness (QED) is 0.934. The average molecular weight is 286 g/mol. The largest absolute Gasteiger partial charge is 0.334 e. The van der Waals surface area contributed by atoms with E-state index < -0.39 is 0 Å². The van der Waals surface area contributed by atoms with Crippen LogP contribution in [0.5, 0.6) is 0 Å². The van der Waals surface area contributed by atoms with E-state index in [4.69, 9.17) is 33.5 Å². The lowest BCUT2D eigenvalue weighted by molar-refractivity contribution is 0.400. The van der Waals surface area contributed by atoms with E-state index in [1.54, 1.807) is 18.2 Å². The molecule has 0 radical (unpaired) electrons. The number of benzene rings is 1. The van der Waals surface area contributed by atoms with Crippen LogP contribution in [0.3, 0.4) is 0 Å². The van der Waals surface area contributed by atoms with Gasteiger partial charge in [-0.2, -0.15) is 4.98 Å². The molecule has 0 saturated carbocycles. The van der Waals surface area contributed by atoms with Crippen LogP contribution in [0.2, 0.25) is 10.0 Å². The van der Waals surface area contributed by atoms with Crippen LogP contribution in [0.15, 0.2) is 22.7 Å². The topological polar surface area (TPSA) is 64.9 Å². The first kappa shape index (κ1) is 13.3. The number of nitrogens with zero attached hydrogens (tertiary/aromatic N) is 2. The van der Waals surface area contributed by atoms with Gasteiger partial charge in [0.15, 0.2) is 5.82 Å². The summed E-state index contributed by atoms with van der Waals surface area (Å²) >= 11 is 11.9. The molecule has 0 amide bonds. The molecule has 1 aromatic heterocycles. The Morgan fingerprint density at radius 3 is 2.61 bits per heavy atom. The first-order chi connectivity index (χ1) is 8.49. The van der Waals surface area contributed by atoms with Crippen LogP contribution in [0.4, 0.5) is 0 Å². The molecule has 0 fully saturated rings. The van der Waals surface area contributed by atoms with Crippen molar-refractivity contribution in [3.05, 3.63) is 34.1 Å². The molecule has 0 spiro atoms. The molecule has 2 N–H and O–H groups in total. The summed E-state index contributed by atoms with van der Waals surface area (Å²) in [5, 5.41) is 4.90. The lowest BCUT2D eigenvalue weighted by Gasteiger charge is -2.09. The minimum atomic E-state index is -0.256. The summed E-state index contributed by atoms with van der Waals surface area (Å²) in [6.07, 6.45) is 0. The molecule has 18 heavy (non-hydrogen) atoms. The Hall–Kier alpha value is -1.10. The fourth-order valence-electron chi connectivity index (χ4n) is 1.44. The van der Waals surface area contributed by atoms with Crippen molar-refractivity contribution in [3.8, 4) is 11.5 Å². The second-order valence-electron chi connectivity index (χ2n) is 4.35. The third-order valence-corrected chi connectivity index (χ3v) is 3.17. The van der Waals surface area contributed by atoms with Crippen LogP contribution in [-0.2, 0) is 0 Å². The maximum atomic E-state index is 6.07. The number of halogens is 2. The summed E-state index contributed by atoms with van der Waals surface area (Å²) in [6.45, 7) is 3.99. The number of nitrogens with two attached hydrogens (primary N) is 1. The molecule has 0 saturated heterocycles. The summed E-state index contributed by atoms with van der Waals surface area (Å²) in [5.74, 6) is 1.06.